The van der Waals surface area contributed by atoms with Crippen LogP contribution >= 0.6 is 0 Å². The molecule has 0 unspecified atom stereocenters. The van der Waals surface area contributed by atoms with Crippen molar-refractivity contribution in [3.8, 4) is 0 Å². The van der Waals surface area contributed by atoms with Crippen molar-refractivity contribution in [2.45, 2.75) is 11.9 Å². The molecule has 0 aliphatic rings. The fraction of sp³-hybridized carbons (Fsp3) is 0.100. The second kappa shape index (κ2) is 4.22. The first-order valence-electron chi connectivity index (χ1n) is 4.89. The number of carboxylic acid groups (broad SMARTS) is 1. The lowest BCUT2D eigenvalue weighted by molar-refractivity contribution is 0.0689. The van der Waals surface area contributed by atoms with Crippen molar-refractivity contribution in [1.82, 2.24) is 14.2 Å². The van der Waals surface area contributed by atoms with Gasteiger partial charge in [0, 0.05) is 18.0 Å². The maximum atomic E-state index is 12.1. The second-order valence-electron chi connectivity index (χ2n) is 3.51. The van der Waals surface area contributed by atoms with Crippen molar-refractivity contribution in [2.75, 3.05) is 0 Å². The Morgan fingerprint density at radius 1 is 1.39 bits per heavy atom. The van der Waals surface area contributed by atoms with Gasteiger partial charge in [-0.25, -0.2) is 9.78 Å². The van der Waals surface area contributed by atoms with Crippen LogP contribution in [0.25, 0.3) is 0 Å². The van der Waals surface area contributed by atoms with E-state index in [4.69, 9.17) is 5.11 Å². The van der Waals surface area contributed by atoms with Gasteiger partial charge >= 0.3 is 5.97 Å². The van der Waals surface area contributed by atoms with E-state index < -0.39 is 16.0 Å². The lowest BCUT2D eigenvalue weighted by Crippen LogP contribution is -2.15. The SMILES string of the molecule is Cc1cn(S(=O)(=O)c2ccccn2)nc1C(=O)O. The molecule has 0 fully saturated rings. The van der Waals surface area contributed by atoms with Crippen LogP contribution in [0.2, 0.25) is 0 Å². The molecule has 0 saturated heterocycles. The first-order valence-corrected chi connectivity index (χ1v) is 6.33. The quantitative estimate of drug-likeness (QED) is 0.869. The third kappa shape index (κ3) is 1.97. The summed E-state index contributed by atoms with van der Waals surface area (Å²) in [6.45, 7) is 1.47. The largest absolute Gasteiger partial charge is 0.476 e. The zero-order valence-corrected chi connectivity index (χ0v) is 10.1. The second-order valence-corrected chi connectivity index (χ2v) is 5.25. The van der Waals surface area contributed by atoms with Crippen molar-refractivity contribution in [3.63, 3.8) is 0 Å². The van der Waals surface area contributed by atoms with Crippen LogP contribution in [-0.4, -0.2) is 33.7 Å². The number of rotatable bonds is 3. The normalized spacial score (nSPS) is 11.4. The molecule has 0 saturated carbocycles. The summed E-state index contributed by atoms with van der Waals surface area (Å²) in [7, 11) is -3.94. The number of aromatic nitrogens is 3. The smallest absolute Gasteiger partial charge is 0.356 e. The van der Waals surface area contributed by atoms with E-state index >= 15 is 0 Å². The number of hydrogen-bond acceptors (Lipinski definition) is 5. The average Bonchev–Trinajstić information content (AvgIpc) is 2.73. The van der Waals surface area contributed by atoms with Crippen molar-refractivity contribution in [3.05, 3.63) is 41.9 Å². The van der Waals surface area contributed by atoms with Gasteiger partial charge in [0.1, 0.15) is 0 Å². The molecule has 0 aliphatic carbocycles. The van der Waals surface area contributed by atoms with Crippen LogP contribution in [0.4, 0.5) is 0 Å². The lowest BCUT2D eigenvalue weighted by Gasteiger charge is -2.01. The van der Waals surface area contributed by atoms with Crippen LogP contribution in [0.1, 0.15) is 16.1 Å². The van der Waals surface area contributed by atoms with Gasteiger partial charge in [-0.1, -0.05) is 6.07 Å². The summed E-state index contributed by atoms with van der Waals surface area (Å²) in [4.78, 5) is 14.5. The number of aromatic carboxylic acids is 1. The van der Waals surface area contributed by atoms with E-state index in [1.807, 2.05) is 0 Å². The summed E-state index contributed by atoms with van der Waals surface area (Å²) in [5, 5.41) is 12.2. The minimum atomic E-state index is -3.94. The summed E-state index contributed by atoms with van der Waals surface area (Å²) in [6, 6.07) is 4.41. The Hall–Kier alpha value is -2.22. The van der Waals surface area contributed by atoms with Gasteiger partial charge in [0.15, 0.2) is 10.7 Å². The first-order chi connectivity index (χ1) is 8.43. The number of carboxylic acids is 1. The zero-order chi connectivity index (χ0) is 13.3. The number of aryl methyl sites for hydroxylation is 1. The van der Waals surface area contributed by atoms with E-state index in [1.54, 1.807) is 6.07 Å². The topological polar surface area (TPSA) is 102 Å². The molecular weight excluding hydrogens is 258 g/mol. The molecule has 2 heterocycles. The van der Waals surface area contributed by atoms with Gasteiger partial charge in [-0.05, 0) is 19.1 Å². The summed E-state index contributed by atoms with van der Waals surface area (Å²) >= 11 is 0. The highest BCUT2D eigenvalue weighted by Gasteiger charge is 2.22. The average molecular weight is 267 g/mol. The molecule has 0 aromatic carbocycles. The maximum absolute atomic E-state index is 12.1. The molecule has 94 valence electrons. The fourth-order valence-electron chi connectivity index (χ4n) is 1.36. The number of carbonyl (C=O) groups is 1. The van der Waals surface area contributed by atoms with Crippen LogP contribution in [0.3, 0.4) is 0 Å². The molecule has 0 aliphatic heterocycles. The van der Waals surface area contributed by atoms with E-state index in [2.05, 4.69) is 10.1 Å². The molecule has 18 heavy (non-hydrogen) atoms. The summed E-state index contributed by atoms with van der Waals surface area (Å²) in [6.07, 6.45) is 2.48. The molecule has 2 rings (SSSR count). The summed E-state index contributed by atoms with van der Waals surface area (Å²) in [5.74, 6) is -1.28. The van der Waals surface area contributed by atoms with Crippen LogP contribution in [0.15, 0.2) is 35.6 Å². The fourth-order valence-corrected chi connectivity index (χ4v) is 2.49. The first kappa shape index (κ1) is 12.2. The van der Waals surface area contributed by atoms with Gasteiger partial charge in [-0.15, -0.1) is 0 Å². The van der Waals surface area contributed by atoms with Crippen molar-refractivity contribution in [1.29, 1.82) is 0 Å². The van der Waals surface area contributed by atoms with Crippen LogP contribution < -0.4 is 0 Å². The van der Waals surface area contributed by atoms with E-state index in [0.717, 1.165) is 6.20 Å². The molecule has 7 nitrogen and oxygen atoms in total. The van der Waals surface area contributed by atoms with E-state index in [9.17, 15) is 13.2 Å². The van der Waals surface area contributed by atoms with E-state index in [1.165, 1.54) is 25.3 Å². The molecule has 0 radical (unpaired) electrons. The highest BCUT2D eigenvalue weighted by molar-refractivity contribution is 7.89. The molecule has 0 amide bonds. The van der Waals surface area contributed by atoms with Crippen LogP contribution in [-0.2, 0) is 10.0 Å². The standard InChI is InChI=1S/C10H9N3O4S/c1-7-6-13(12-9(7)10(14)15)18(16,17)8-4-2-3-5-11-8/h2-6H,1H3,(H,14,15). The van der Waals surface area contributed by atoms with Gasteiger partial charge < -0.3 is 5.11 Å². The minimum Gasteiger partial charge on any atom is -0.476 e. The Balaban J connectivity index is 2.56. The monoisotopic (exact) mass is 267 g/mol. The van der Waals surface area contributed by atoms with Gasteiger partial charge in [-0.3, -0.25) is 0 Å². The molecule has 0 spiro atoms. The highest BCUT2D eigenvalue weighted by Crippen LogP contribution is 2.13. The summed E-state index contributed by atoms with van der Waals surface area (Å²) in [5.41, 5.74) is -0.0310. The molecule has 1 N–H and O–H groups in total. The Labute approximate surface area is 103 Å². The van der Waals surface area contributed by atoms with Crippen molar-refractivity contribution < 1.29 is 18.3 Å². The Kier molecular flexibility index (Phi) is 2.87. The number of hydrogen-bond donors (Lipinski definition) is 1. The third-order valence-corrected chi connectivity index (χ3v) is 3.68. The predicted molar refractivity (Wildman–Crippen MR) is 60.7 cm³/mol. The van der Waals surface area contributed by atoms with Crippen molar-refractivity contribution in [2.24, 2.45) is 0 Å². The van der Waals surface area contributed by atoms with Gasteiger partial charge in [0.2, 0.25) is 0 Å². The lowest BCUT2D eigenvalue weighted by atomic mass is 10.3. The third-order valence-electron chi connectivity index (χ3n) is 2.23. The molecular formula is C10H9N3O4S. The van der Waals surface area contributed by atoms with Crippen LogP contribution in [0, 0.1) is 6.92 Å². The van der Waals surface area contributed by atoms with Gasteiger partial charge in [0.05, 0.1) is 0 Å². The maximum Gasteiger partial charge on any atom is 0.356 e. The minimum absolute atomic E-state index is 0.190. The molecule has 2 aromatic heterocycles. The zero-order valence-electron chi connectivity index (χ0n) is 9.31. The predicted octanol–water partition coefficient (Wildman–Crippen LogP) is 0.522. The van der Waals surface area contributed by atoms with Gasteiger partial charge in [0.25, 0.3) is 10.0 Å². The molecule has 0 bridgehead atoms. The highest BCUT2D eigenvalue weighted by atomic mass is 32.2. The Morgan fingerprint density at radius 2 is 2.11 bits per heavy atom. The number of nitrogens with zero attached hydrogens (tertiary/aromatic N) is 3. The van der Waals surface area contributed by atoms with Crippen LogP contribution in [0.5, 0.6) is 0 Å². The molecule has 2 aromatic rings. The number of pyridine rings is 1. The Bertz CT molecular complexity index is 691. The molecule has 8 heteroatoms. The van der Waals surface area contributed by atoms with Crippen molar-refractivity contribution >= 4 is 16.0 Å². The Morgan fingerprint density at radius 3 is 2.61 bits per heavy atom. The van der Waals surface area contributed by atoms with E-state index in [-0.39, 0.29) is 16.3 Å². The molecule has 0 atom stereocenters. The summed E-state index contributed by atoms with van der Waals surface area (Å²) < 4.78 is 24.8. The van der Waals surface area contributed by atoms with Gasteiger partial charge in [-0.2, -0.15) is 17.6 Å². The van der Waals surface area contributed by atoms with E-state index in [0.29, 0.717) is 4.09 Å².